The molecule has 2 aromatic carbocycles. The van der Waals surface area contributed by atoms with Crippen LogP contribution in [0.4, 0.5) is 5.69 Å². The summed E-state index contributed by atoms with van der Waals surface area (Å²) in [4.78, 5) is 24.6. The van der Waals surface area contributed by atoms with Gasteiger partial charge in [0.1, 0.15) is 0 Å². The first-order valence-electron chi connectivity index (χ1n) is 8.08. The van der Waals surface area contributed by atoms with Gasteiger partial charge in [-0.1, -0.05) is 43.6 Å². The number of esters is 1. The summed E-state index contributed by atoms with van der Waals surface area (Å²) in [6, 6.07) is 12.4. The van der Waals surface area contributed by atoms with Gasteiger partial charge in [0, 0.05) is 10.7 Å². The lowest BCUT2D eigenvalue weighted by molar-refractivity contribution is -0.118. The van der Waals surface area contributed by atoms with Crippen molar-refractivity contribution in [3.63, 3.8) is 0 Å². The Bertz CT molecular complexity index is 769. The summed E-state index contributed by atoms with van der Waals surface area (Å²) in [5, 5.41) is 3.58. The molecule has 0 heterocycles. The summed E-state index contributed by atoms with van der Waals surface area (Å²) < 4.78 is 4.74. The maximum absolute atomic E-state index is 12.9. The summed E-state index contributed by atoms with van der Waals surface area (Å²) in [6.45, 7) is 5.87. The lowest BCUT2D eigenvalue weighted by atomic mass is 9.87. The van der Waals surface area contributed by atoms with Crippen LogP contribution < -0.4 is 5.32 Å². The minimum atomic E-state index is -0.436. The molecule has 0 aromatic heterocycles. The first-order valence-corrected chi connectivity index (χ1v) is 8.46. The molecule has 0 bridgehead atoms. The summed E-state index contributed by atoms with van der Waals surface area (Å²) in [5.41, 5.74) is 2.78. The molecule has 2 rings (SSSR count). The Kier molecular flexibility index (Phi) is 6.21. The van der Waals surface area contributed by atoms with Crippen LogP contribution >= 0.6 is 11.6 Å². The molecule has 0 radical (unpaired) electrons. The lowest BCUT2D eigenvalue weighted by Crippen LogP contribution is -2.25. The molecule has 4 nitrogen and oxygen atoms in total. The molecule has 0 aliphatic rings. The third-order valence-electron chi connectivity index (χ3n) is 4.09. The first-order chi connectivity index (χ1) is 11.8. The van der Waals surface area contributed by atoms with E-state index >= 15 is 0 Å². The summed E-state index contributed by atoms with van der Waals surface area (Å²) in [7, 11) is 1.33. The molecule has 132 valence electrons. The fraction of sp³-hybridized carbons (Fsp3) is 0.300. The molecular formula is C20H22ClNO3. The average molecular weight is 360 g/mol. The number of ether oxygens (including phenoxy) is 1. The average Bonchev–Trinajstić information content (AvgIpc) is 2.57. The van der Waals surface area contributed by atoms with Crippen LogP contribution in [0.2, 0.25) is 5.02 Å². The van der Waals surface area contributed by atoms with Crippen molar-refractivity contribution in [2.75, 3.05) is 12.4 Å². The summed E-state index contributed by atoms with van der Waals surface area (Å²) >= 11 is 5.94. The third kappa shape index (κ3) is 4.60. The van der Waals surface area contributed by atoms with Crippen molar-refractivity contribution in [3.05, 3.63) is 64.2 Å². The number of halogens is 1. The number of anilines is 1. The Morgan fingerprint density at radius 1 is 1.08 bits per heavy atom. The highest BCUT2D eigenvalue weighted by molar-refractivity contribution is 6.30. The van der Waals surface area contributed by atoms with E-state index < -0.39 is 5.97 Å². The van der Waals surface area contributed by atoms with Gasteiger partial charge in [0.2, 0.25) is 5.91 Å². The second-order valence-corrected chi connectivity index (χ2v) is 6.72. The molecule has 2 aromatic rings. The van der Waals surface area contributed by atoms with Gasteiger partial charge in [-0.05, 0) is 48.2 Å². The topological polar surface area (TPSA) is 55.4 Å². The number of hydrogen-bond acceptors (Lipinski definition) is 3. The van der Waals surface area contributed by atoms with Crippen LogP contribution in [0, 0.1) is 12.8 Å². The van der Waals surface area contributed by atoms with Crippen LogP contribution in [0.15, 0.2) is 42.5 Å². The molecule has 1 amide bonds. The lowest BCUT2D eigenvalue weighted by Gasteiger charge is -2.21. The summed E-state index contributed by atoms with van der Waals surface area (Å²) in [5.74, 6) is -0.778. The van der Waals surface area contributed by atoms with Gasteiger partial charge >= 0.3 is 5.97 Å². The zero-order valence-electron chi connectivity index (χ0n) is 14.8. The quantitative estimate of drug-likeness (QED) is 0.779. The van der Waals surface area contributed by atoms with Gasteiger partial charge < -0.3 is 10.1 Å². The zero-order chi connectivity index (χ0) is 18.6. The standard InChI is InChI=1S/C20H22ClNO3/c1-12(2)18(14-7-9-16(21)10-8-14)19(23)22-17-11-15(20(24)25-4)6-5-13(17)3/h5-12,18H,1-4H3,(H,22,23)/t18-/m1/s1. The number of hydrogen-bond donors (Lipinski definition) is 1. The smallest absolute Gasteiger partial charge is 0.337 e. The largest absolute Gasteiger partial charge is 0.465 e. The van der Waals surface area contributed by atoms with Crippen LogP contribution in [-0.2, 0) is 9.53 Å². The van der Waals surface area contributed by atoms with Gasteiger partial charge in [-0.3, -0.25) is 4.79 Å². The second kappa shape index (κ2) is 8.17. The fourth-order valence-electron chi connectivity index (χ4n) is 2.72. The van der Waals surface area contributed by atoms with Crippen molar-refractivity contribution in [2.45, 2.75) is 26.7 Å². The Morgan fingerprint density at radius 2 is 1.72 bits per heavy atom. The van der Waals surface area contributed by atoms with Gasteiger partial charge in [0.05, 0.1) is 18.6 Å². The van der Waals surface area contributed by atoms with Crippen molar-refractivity contribution in [1.29, 1.82) is 0 Å². The highest BCUT2D eigenvalue weighted by atomic mass is 35.5. The number of amides is 1. The van der Waals surface area contributed by atoms with E-state index in [2.05, 4.69) is 5.32 Å². The molecule has 25 heavy (non-hydrogen) atoms. The van der Waals surface area contributed by atoms with Gasteiger partial charge in [-0.2, -0.15) is 0 Å². The highest BCUT2D eigenvalue weighted by Gasteiger charge is 2.25. The number of aryl methyl sites for hydroxylation is 1. The van der Waals surface area contributed by atoms with E-state index in [0.29, 0.717) is 16.3 Å². The molecule has 0 saturated carbocycles. The Hall–Kier alpha value is -2.33. The van der Waals surface area contributed by atoms with Gasteiger partial charge in [-0.15, -0.1) is 0 Å². The van der Waals surface area contributed by atoms with Crippen molar-refractivity contribution in [1.82, 2.24) is 0 Å². The Labute approximate surface area is 153 Å². The maximum atomic E-state index is 12.9. The number of rotatable bonds is 5. The van der Waals surface area contributed by atoms with E-state index in [0.717, 1.165) is 11.1 Å². The summed E-state index contributed by atoms with van der Waals surface area (Å²) in [6.07, 6.45) is 0. The van der Waals surface area contributed by atoms with Gasteiger partial charge in [-0.25, -0.2) is 4.79 Å². The molecule has 0 saturated heterocycles. The predicted octanol–water partition coefficient (Wildman–Crippen LogP) is 4.81. The Morgan fingerprint density at radius 3 is 2.28 bits per heavy atom. The molecule has 0 spiro atoms. The predicted molar refractivity (Wildman–Crippen MR) is 100 cm³/mol. The van der Waals surface area contributed by atoms with Crippen LogP contribution in [0.25, 0.3) is 0 Å². The number of nitrogens with one attached hydrogen (secondary N) is 1. The van der Waals surface area contributed by atoms with Gasteiger partial charge in [0.25, 0.3) is 0 Å². The molecule has 1 atom stereocenters. The van der Waals surface area contributed by atoms with E-state index in [1.54, 1.807) is 30.3 Å². The minimum absolute atomic E-state index is 0.102. The first kappa shape index (κ1) is 19.0. The molecule has 1 N–H and O–H groups in total. The van der Waals surface area contributed by atoms with Crippen LogP contribution in [0.3, 0.4) is 0 Å². The molecule has 0 aliphatic carbocycles. The van der Waals surface area contributed by atoms with Crippen LogP contribution in [-0.4, -0.2) is 19.0 Å². The highest BCUT2D eigenvalue weighted by Crippen LogP contribution is 2.28. The molecule has 0 fully saturated rings. The van der Waals surface area contributed by atoms with E-state index in [1.165, 1.54) is 7.11 Å². The fourth-order valence-corrected chi connectivity index (χ4v) is 2.85. The van der Waals surface area contributed by atoms with Crippen molar-refractivity contribution in [2.24, 2.45) is 5.92 Å². The molecular weight excluding hydrogens is 338 g/mol. The van der Waals surface area contributed by atoms with Crippen molar-refractivity contribution in [3.8, 4) is 0 Å². The normalized spacial score (nSPS) is 11.9. The maximum Gasteiger partial charge on any atom is 0.337 e. The third-order valence-corrected chi connectivity index (χ3v) is 4.35. The van der Waals surface area contributed by atoms with E-state index in [-0.39, 0.29) is 17.7 Å². The zero-order valence-corrected chi connectivity index (χ0v) is 15.6. The monoisotopic (exact) mass is 359 g/mol. The number of benzene rings is 2. The van der Waals surface area contributed by atoms with Crippen molar-refractivity contribution < 1.29 is 14.3 Å². The van der Waals surface area contributed by atoms with Crippen molar-refractivity contribution >= 4 is 29.2 Å². The molecule has 0 aliphatic heterocycles. The molecule has 5 heteroatoms. The minimum Gasteiger partial charge on any atom is -0.465 e. The van der Waals surface area contributed by atoms with Crippen LogP contribution in [0.1, 0.15) is 41.3 Å². The number of carbonyl (C=O) groups excluding carboxylic acids is 2. The van der Waals surface area contributed by atoms with Crippen LogP contribution in [0.5, 0.6) is 0 Å². The second-order valence-electron chi connectivity index (χ2n) is 6.28. The SMILES string of the molecule is COC(=O)c1ccc(C)c(NC(=O)[C@@H](c2ccc(Cl)cc2)C(C)C)c1. The Balaban J connectivity index is 2.29. The van der Waals surface area contributed by atoms with E-state index in [1.807, 2.05) is 32.9 Å². The van der Waals surface area contributed by atoms with E-state index in [9.17, 15) is 9.59 Å². The number of methoxy groups -OCH3 is 1. The van der Waals surface area contributed by atoms with E-state index in [4.69, 9.17) is 16.3 Å². The molecule has 0 unspecified atom stereocenters. The number of carbonyl (C=O) groups is 2. The van der Waals surface area contributed by atoms with Gasteiger partial charge in [0.15, 0.2) is 0 Å².